The third-order valence-electron chi connectivity index (χ3n) is 1.86. The molecule has 0 aliphatic carbocycles. The van der Waals surface area contributed by atoms with Gasteiger partial charge in [-0.2, -0.15) is 0 Å². The lowest BCUT2D eigenvalue weighted by molar-refractivity contribution is -0.145. The Balaban J connectivity index is 4.12. The van der Waals surface area contributed by atoms with E-state index < -0.39 is 0 Å². The lowest BCUT2D eigenvalue weighted by Gasteiger charge is -2.23. The van der Waals surface area contributed by atoms with Gasteiger partial charge in [-0.25, -0.2) is 4.79 Å². The molecule has 5 heteroatoms. The van der Waals surface area contributed by atoms with Crippen molar-refractivity contribution in [3.8, 4) is 0 Å². The van der Waals surface area contributed by atoms with Crippen molar-refractivity contribution in [3.63, 3.8) is 0 Å². The van der Waals surface area contributed by atoms with Crippen LogP contribution in [0.15, 0.2) is 0 Å². The van der Waals surface area contributed by atoms with Crippen LogP contribution in [0.2, 0.25) is 0 Å². The molecule has 0 N–H and O–H groups in total. The Morgan fingerprint density at radius 2 is 1.79 bits per heavy atom. The SMILES string of the molecule is COC(=O)C(C)CN(C)C(=O)N(C)C. The van der Waals surface area contributed by atoms with Crippen LogP contribution in [0.4, 0.5) is 4.79 Å². The second-order valence-electron chi connectivity index (χ2n) is 3.48. The average Bonchev–Trinajstić information content (AvgIpc) is 2.14. The van der Waals surface area contributed by atoms with Crippen LogP contribution in [0.3, 0.4) is 0 Å². The number of methoxy groups -OCH3 is 1. The smallest absolute Gasteiger partial charge is 0.319 e. The summed E-state index contributed by atoms with van der Waals surface area (Å²) in [5.41, 5.74) is 0. The number of hydrogen-bond donors (Lipinski definition) is 0. The van der Waals surface area contributed by atoms with E-state index in [4.69, 9.17) is 0 Å². The zero-order valence-electron chi connectivity index (χ0n) is 9.40. The third kappa shape index (κ3) is 3.64. The summed E-state index contributed by atoms with van der Waals surface area (Å²) in [4.78, 5) is 25.4. The molecule has 1 unspecified atom stereocenters. The van der Waals surface area contributed by atoms with E-state index in [1.165, 1.54) is 16.9 Å². The summed E-state index contributed by atoms with van der Waals surface area (Å²) in [6.45, 7) is 2.09. The highest BCUT2D eigenvalue weighted by atomic mass is 16.5. The van der Waals surface area contributed by atoms with Crippen molar-refractivity contribution in [2.75, 3.05) is 34.8 Å². The first-order chi connectivity index (χ1) is 6.40. The van der Waals surface area contributed by atoms with Gasteiger partial charge in [0.25, 0.3) is 0 Å². The quantitative estimate of drug-likeness (QED) is 0.623. The Bertz CT molecular complexity index is 216. The number of hydrogen-bond acceptors (Lipinski definition) is 3. The molecule has 0 bridgehead atoms. The van der Waals surface area contributed by atoms with Gasteiger partial charge in [-0.15, -0.1) is 0 Å². The van der Waals surface area contributed by atoms with Crippen LogP contribution >= 0.6 is 0 Å². The van der Waals surface area contributed by atoms with E-state index in [0.717, 1.165) is 0 Å². The average molecular weight is 202 g/mol. The van der Waals surface area contributed by atoms with Crippen LogP contribution in [0.25, 0.3) is 0 Å². The first-order valence-electron chi connectivity index (χ1n) is 4.40. The molecule has 0 saturated carbocycles. The number of carbonyl (C=O) groups excluding carboxylic acids is 2. The molecule has 2 amide bonds. The Labute approximate surface area is 84.6 Å². The number of rotatable bonds is 3. The van der Waals surface area contributed by atoms with Crippen molar-refractivity contribution in [2.45, 2.75) is 6.92 Å². The van der Waals surface area contributed by atoms with Crippen LogP contribution in [0.5, 0.6) is 0 Å². The molecule has 0 heterocycles. The van der Waals surface area contributed by atoms with Gasteiger partial charge in [0.2, 0.25) is 0 Å². The van der Waals surface area contributed by atoms with Gasteiger partial charge in [-0.05, 0) is 0 Å². The molecule has 14 heavy (non-hydrogen) atoms. The second-order valence-corrected chi connectivity index (χ2v) is 3.48. The molecule has 0 aromatic rings. The molecule has 0 rings (SSSR count). The highest BCUT2D eigenvalue weighted by Crippen LogP contribution is 2.02. The monoisotopic (exact) mass is 202 g/mol. The molecule has 1 atom stereocenters. The topological polar surface area (TPSA) is 49.9 Å². The summed E-state index contributed by atoms with van der Waals surface area (Å²) < 4.78 is 4.56. The second kappa shape index (κ2) is 5.47. The van der Waals surface area contributed by atoms with E-state index in [1.54, 1.807) is 28.1 Å². The zero-order chi connectivity index (χ0) is 11.3. The normalized spacial score (nSPS) is 11.8. The fourth-order valence-electron chi connectivity index (χ4n) is 1.11. The van der Waals surface area contributed by atoms with Crippen molar-refractivity contribution in [1.82, 2.24) is 9.80 Å². The molecular weight excluding hydrogens is 184 g/mol. The minimum atomic E-state index is -0.302. The predicted octanol–water partition coefficient (Wildman–Crippen LogP) is 0.409. The number of esters is 1. The number of ether oxygens (including phenoxy) is 1. The van der Waals surface area contributed by atoms with Gasteiger partial charge >= 0.3 is 12.0 Å². The van der Waals surface area contributed by atoms with Crippen LogP contribution in [0.1, 0.15) is 6.92 Å². The fraction of sp³-hybridized carbons (Fsp3) is 0.778. The molecule has 0 saturated heterocycles. The molecule has 5 nitrogen and oxygen atoms in total. The first kappa shape index (κ1) is 12.7. The van der Waals surface area contributed by atoms with Gasteiger partial charge in [0, 0.05) is 27.7 Å². The molecule has 0 radical (unpaired) electrons. The number of amides is 2. The first-order valence-corrected chi connectivity index (χ1v) is 4.40. The van der Waals surface area contributed by atoms with Crippen molar-refractivity contribution < 1.29 is 14.3 Å². The fourth-order valence-corrected chi connectivity index (χ4v) is 1.11. The van der Waals surface area contributed by atoms with Crippen LogP contribution in [-0.4, -0.2) is 56.6 Å². The Hall–Kier alpha value is -1.26. The van der Waals surface area contributed by atoms with Gasteiger partial charge in [-0.1, -0.05) is 6.92 Å². The lowest BCUT2D eigenvalue weighted by Crippen LogP contribution is -2.40. The molecule has 82 valence electrons. The summed E-state index contributed by atoms with van der Waals surface area (Å²) in [6, 6.07) is -0.124. The minimum absolute atomic E-state index is 0.124. The Morgan fingerprint density at radius 1 is 1.29 bits per heavy atom. The maximum atomic E-state index is 11.4. The number of urea groups is 1. The van der Waals surface area contributed by atoms with E-state index >= 15 is 0 Å². The Morgan fingerprint density at radius 3 is 2.14 bits per heavy atom. The third-order valence-corrected chi connectivity index (χ3v) is 1.86. The van der Waals surface area contributed by atoms with E-state index in [2.05, 4.69) is 4.74 Å². The van der Waals surface area contributed by atoms with E-state index in [9.17, 15) is 9.59 Å². The summed E-state index contributed by atoms with van der Waals surface area (Å²) in [5, 5.41) is 0. The van der Waals surface area contributed by atoms with Crippen molar-refractivity contribution in [3.05, 3.63) is 0 Å². The van der Waals surface area contributed by atoms with Crippen molar-refractivity contribution in [2.24, 2.45) is 5.92 Å². The van der Waals surface area contributed by atoms with Gasteiger partial charge in [0.1, 0.15) is 0 Å². The minimum Gasteiger partial charge on any atom is -0.469 e. The van der Waals surface area contributed by atoms with Crippen LogP contribution in [0, 0.1) is 5.92 Å². The molecule has 0 aromatic carbocycles. The summed E-state index contributed by atoms with van der Waals surface area (Å²) in [7, 11) is 6.33. The molecule has 0 aromatic heterocycles. The van der Waals surface area contributed by atoms with Crippen molar-refractivity contribution in [1.29, 1.82) is 0 Å². The number of nitrogens with zero attached hydrogens (tertiary/aromatic N) is 2. The predicted molar refractivity (Wildman–Crippen MR) is 52.9 cm³/mol. The maximum absolute atomic E-state index is 11.4. The molecule has 0 fully saturated rings. The molecule has 0 aliphatic rings. The molecule has 0 spiro atoms. The summed E-state index contributed by atoms with van der Waals surface area (Å²) >= 11 is 0. The highest BCUT2D eigenvalue weighted by molar-refractivity contribution is 5.76. The van der Waals surface area contributed by atoms with Crippen LogP contribution in [-0.2, 0) is 9.53 Å². The van der Waals surface area contributed by atoms with E-state index in [0.29, 0.717) is 6.54 Å². The summed E-state index contributed by atoms with van der Waals surface area (Å²) in [6.07, 6.45) is 0. The maximum Gasteiger partial charge on any atom is 0.319 e. The van der Waals surface area contributed by atoms with Gasteiger partial charge in [0.05, 0.1) is 13.0 Å². The van der Waals surface area contributed by atoms with Gasteiger partial charge < -0.3 is 14.5 Å². The number of carbonyl (C=O) groups is 2. The van der Waals surface area contributed by atoms with Gasteiger partial charge in [-0.3, -0.25) is 4.79 Å². The van der Waals surface area contributed by atoms with E-state index in [-0.39, 0.29) is 17.9 Å². The Kier molecular flexibility index (Phi) is 4.97. The standard InChI is InChI=1S/C9H18N2O3/c1-7(8(12)14-5)6-11(4)9(13)10(2)3/h7H,6H2,1-5H3. The van der Waals surface area contributed by atoms with Crippen LogP contribution < -0.4 is 0 Å². The zero-order valence-corrected chi connectivity index (χ0v) is 9.40. The lowest BCUT2D eigenvalue weighted by atomic mass is 10.2. The highest BCUT2D eigenvalue weighted by Gasteiger charge is 2.19. The van der Waals surface area contributed by atoms with Gasteiger partial charge in [0.15, 0.2) is 0 Å². The molecular formula is C9H18N2O3. The largest absolute Gasteiger partial charge is 0.469 e. The molecule has 0 aliphatic heterocycles. The summed E-state index contributed by atoms with van der Waals surface area (Å²) in [5.74, 6) is -0.600. The van der Waals surface area contributed by atoms with Crippen molar-refractivity contribution >= 4 is 12.0 Å². The van der Waals surface area contributed by atoms with E-state index in [1.807, 2.05) is 0 Å².